The average Bonchev–Trinajstić information content (AvgIpc) is 2.63. The first-order valence-corrected chi connectivity index (χ1v) is 6.06. The Morgan fingerprint density at radius 3 is 2.75 bits per heavy atom. The zero-order chi connectivity index (χ0) is 12.0. The van der Waals surface area contributed by atoms with Gasteiger partial charge in [0.1, 0.15) is 0 Å². The van der Waals surface area contributed by atoms with Crippen molar-refractivity contribution in [2.45, 2.75) is 51.9 Å². The molecule has 0 radical (unpaired) electrons. The minimum absolute atomic E-state index is 0.243. The molecule has 90 valence electrons. The van der Waals surface area contributed by atoms with Crippen molar-refractivity contribution in [2.75, 3.05) is 0 Å². The van der Waals surface area contributed by atoms with Crippen LogP contribution >= 0.6 is 0 Å². The summed E-state index contributed by atoms with van der Waals surface area (Å²) in [4.78, 5) is 21.9. The number of rotatable bonds is 7. The third kappa shape index (κ3) is 4.17. The number of carbonyl (C=O) groups is 2. The fourth-order valence-electron chi connectivity index (χ4n) is 1.96. The number of hydrogen-bond donors (Lipinski definition) is 1. The van der Waals surface area contributed by atoms with Crippen molar-refractivity contribution in [2.24, 2.45) is 5.92 Å². The highest BCUT2D eigenvalue weighted by atomic mass is 16.4. The van der Waals surface area contributed by atoms with Gasteiger partial charge in [-0.3, -0.25) is 9.59 Å². The van der Waals surface area contributed by atoms with E-state index in [1.54, 1.807) is 6.92 Å². The molecule has 1 atom stereocenters. The normalized spacial score (nSPS) is 17.3. The lowest BCUT2D eigenvalue weighted by atomic mass is 10.0. The first kappa shape index (κ1) is 12.9. The molecule has 1 aliphatic carbocycles. The lowest BCUT2D eigenvalue weighted by molar-refractivity contribution is -0.141. The van der Waals surface area contributed by atoms with Gasteiger partial charge >= 0.3 is 5.97 Å². The molecule has 0 amide bonds. The Balaban J connectivity index is 2.04. The molecule has 1 aliphatic rings. The van der Waals surface area contributed by atoms with E-state index in [2.05, 4.69) is 0 Å². The van der Waals surface area contributed by atoms with Gasteiger partial charge < -0.3 is 5.11 Å². The number of hydrogen-bond acceptors (Lipinski definition) is 2. The first-order valence-electron chi connectivity index (χ1n) is 6.06. The lowest BCUT2D eigenvalue weighted by Crippen LogP contribution is -2.08. The quantitative estimate of drug-likeness (QED) is 0.676. The molecule has 0 saturated heterocycles. The number of carboxylic acids is 1. The van der Waals surface area contributed by atoms with Crippen LogP contribution in [-0.2, 0) is 9.59 Å². The van der Waals surface area contributed by atoms with Crippen molar-refractivity contribution in [3.8, 4) is 0 Å². The maximum absolute atomic E-state index is 11.3. The molecule has 0 saturated carbocycles. The van der Waals surface area contributed by atoms with Gasteiger partial charge in [0.2, 0.25) is 0 Å². The van der Waals surface area contributed by atoms with E-state index >= 15 is 0 Å². The van der Waals surface area contributed by atoms with E-state index in [1.807, 2.05) is 6.08 Å². The minimum Gasteiger partial charge on any atom is -0.481 e. The van der Waals surface area contributed by atoms with Crippen LogP contribution in [0.5, 0.6) is 0 Å². The predicted octanol–water partition coefficient (Wildman–Crippen LogP) is 2.95. The smallest absolute Gasteiger partial charge is 0.306 e. The fraction of sp³-hybridized carbons (Fsp3) is 0.692. The molecule has 3 nitrogen and oxygen atoms in total. The van der Waals surface area contributed by atoms with Crippen LogP contribution < -0.4 is 0 Å². The Bertz CT molecular complexity index is 292. The van der Waals surface area contributed by atoms with Crippen LogP contribution in [0.15, 0.2) is 11.6 Å². The van der Waals surface area contributed by atoms with Gasteiger partial charge in [-0.1, -0.05) is 25.8 Å². The van der Waals surface area contributed by atoms with Crippen LogP contribution in [0.1, 0.15) is 51.9 Å². The molecule has 3 heteroatoms. The average molecular weight is 224 g/mol. The highest BCUT2D eigenvalue weighted by molar-refractivity contribution is 5.97. The summed E-state index contributed by atoms with van der Waals surface area (Å²) in [5, 5.41) is 8.69. The second kappa shape index (κ2) is 6.46. The molecule has 0 heterocycles. The molecule has 16 heavy (non-hydrogen) atoms. The van der Waals surface area contributed by atoms with E-state index in [0.717, 1.165) is 44.1 Å². The Morgan fingerprint density at radius 2 is 2.19 bits per heavy atom. The predicted molar refractivity (Wildman–Crippen MR) is 62.2 cm³/mol. The zero-order valence-corrected chi connectivity index (χ0v) is 9.87. The number of carbonyl (C=O) groups excluding carboxylic acids is 1. The molecule has 0 aromatic heterocycles. The van der Waals surface area contributed by atoms with Crippen molar-refractivity contribution in [1.29, 1.82) is 0 Å². The topological polar surface area (TPSA) is 54.4 Å². The van der Waals surface area contributed by atoms with Crippen LogP contribution in [-0.4, -0.2) is 16.9 Å². The van der Waals surface area contributed by atoms with E-state index in [1.165, 1.54) is 0 Å². The monoisotopic (exact) mass is 224 g/mol. The molecule has 0 fully saturated rings. The zero-order valence-electron chi connectivity index (χ0n) is 9.87. The number of carboxylic acid groups (broad SMARTS) is 1. The van der Waals surface area contributed by atoms with E-state index in [-0.39, 0.29) is 5.92 Å². The second-order valence-corrected chi connectivity index (χ2v) is 4.53. The van der Waals surface area contributed by atoms with Gasteiger partial charge in [-0.15, -0.1) is 0 Å². The van der Waals surface area contributed by atoms with E-state index in [0.29, 0.717) is 12.2 Å². The third-order valence-corrected chi connectivity index (χ3v) is 3.13. The fourth-order valence-corrected chi connectivity index (χ4v) is 1.96. The summed E-state index contributed by atoms with van der Waals surface area (Å²) < 4.78 is 0. The Morgan fingerprint density at radius 1 is 1.44 bits per heavy atom. The summed E-state index contributed by atoms with van der Waals surface area (Å²) in [6.07, 6.45) is 8.21. The summed E-state index contributed by atoms with van der Waals surface area (Å²) in [5.74, 6) is -0.653. The van der Waals surface area contributed by atoms with E-state index < -0.39 is 5.97 Å². The van der Waals surface area contributed by atoms with Gasteiger partial charge in [0.25, 0.3) is 0 Å². The highest BCUT2D eigenvalue weighted by Gasteiger charge is 2.14. The summed E-state index contributed by atoms with van der Waals surface area (Å²) >= 11 is 0. The summed E-state index contributed by atoms with van der Waals surface area (Å²) in [5.41, 5.74) is 0.992. The van der Waals surface area contributed by atoms with Crippen molar-refractivity contribution >= 4 is 11.8 Å². The van der Waals surface area contributed by atoms with Crippen molar-refractivity contribution in [1.82, 2.24) is 0 Å². The van der Waals surface area contributed by atoms with Crippen LogP contribution in [0.3, 0.4) is 0 Å². The SMILES string of the molecule is CC(CCCCCC1=CCCC1=O)C(=O)O. The molecule has 1 unspecified atom stereocenters. The standard InChI is InChI=1S/C13H20O3/c1-10(13(15)16)6-3-2-4-7-11-8-5-9-12(11)14/h8,10H,2-7,9H2,1H3,(H,15,16). The Labute approximate surface area is 96.5 Å². The van der Waals surface area contributed by atoms with Crippen molar-refractivity contribution in [3.63, 3.8) is 0 Å². The van der Waals surface area contributed by atoms with Gasteiger partial charge in [0.15, 0.2) is 5.78 Å². The summed E-state index contributed by atoms with van der Waals surface area (Å²) in [6, 6.07) is 0. The molecule has 0 aromatic rings. The van der Waals surface area contributed by atoms with Crippen LogP contribution in [0.2, 0.25) is 0 Å². The summed E-state index contributed by atoms with van der Waals surface area (Å²) in [7, 11) is 0. The van der Waals surface area contributed by atoms with Crippen LogP contribution in [0.25, 0.3) is 0 Å². The number of ketones is 1. The van der Waals surface area contributed by atoms with Gasteiger partial charge in [0.05, 0.1) is 5.92 Å². The molecule has 0 aromatic carbocycles. The summed E-state index contributed by atoms with van der Waals surface area (Å²) in [6.45, 7) is 1.74. The molecule has 1 N–H and O–H groups in total. The third-order valence-electron chi connectivity index (χ3n) is 3.13. The van der Waals surface area contributed by atoms with E-state index in [4.69, 9.17) is 5.11 Å². The van der Waals surface area contributed by atoms with E-state index in [9.17, 15) is 9.59 Å². The molecule has 0 aliphatic heterocycles. The maximum Gasteiger partial charge on any atom is 0.306 e. The largest absolute Gasteiger partial charge is 0.481 e. The molecular weight excluding hydrogens is 204 g/mol. The molecular formula is C13H20O3. The maximum atomic E-state index is 11.3. The Kier molecular flexibility index (Phi) is 5.23. The van der Waals surface area contributed by atoms with Gasteiger partial charge in [-0.25, -0.2) is 0 Å². The molecule has 0 spiro atoms. The minimum atomic E-state index is -0.714. The lowest BCUT2D eigenvalue weighted by Gasteiger charge is -2.05. The highest BCUT2D eigenvalue weighted by Crippen LogP contribution is 2.20. The van der Waals surface area contributed by atoms with Gasteiger partial charge in [-0.05, 0) is 31.3 Å². The number of unbranched alkanes of at least 4 members (excludes halogenated alkanes) is 2. The Hall–Kier alpha value is -1.12. The second-order valence-electron chi connectivity index (χ2n) is 4.53. The number of Topliss-reactive ketones (excluding diaryl/α,β-unsaturated/α-hetero) is 1. The number of aliphatic carboxylic acids is 1. The first-order chi connectivity index (χ1) is 7.61. The van der Waals surface area contributed by atoms with Crippen LogP contribution in [0, 0.1) is 5.92 Å². The van der Waals surface area contributed by atoms with Crippen molar-refractivity contribution < 1.29 is 14.7 Å². The molecule has 0 bridgehead atoms. The van der Waals surface area contributed by atoms with Gasteiger partial charge in [-0.2, -0.15) is 0 Å². The van der Waals surface area contributed by atoms with Gasteiger partial charge in [0, 0.05) is 6.42 Å². The number of allylic oxidation sites excluding steroid dienone is 2. The molecule has 1 rings (SSSR count). The van der Waals surface area contributed by atoms with Crippen molar-refractivity contribution in [3.05, 3.63) is 11.6 Å². The van der Waals surface area contributed by atoms with Crippen LogP contribution in [0.4, 0.5) is 0 Å².